The quantitative estimate of drug-likeness (QED) is 0.872. The number of aromatic nitrogens is 2. The van der Waals surface area contributed by atoms with E-state index in [1.165, 1.54) is 0 Å². The van der Waals surface area contributed by atoms with E-state index in [1.807, 2.05) is 43.3 Å². The van der Waals surface area contributed by atoms with Crippen molar-refractivity contribution in [2.24, 2.45) is 7.05 Å². The van der Waals surface area contributed by atoms with Gasteiger partial charge in [-0.3, -0.25) is 9.48 Å². The van der Waals surface area contributed by atoms with Crippen molar-refractivity contribution in [1.82, 2.24) is 14.7 Å². The fourth-order valence-corrected chi connectivity index (χ4v) is 2.97. The number of carbonyl (C=O) groups excluding carboxylic acids is 1. The van der Waals surface area contributed by atoms with Gasteiger partial charge in [0.05, 0.1) is 18.2 Å². The third kappa shape index (κ3) is 3.01. The maximum Gasteiger partial charge on any atom is 0.229 e. The summed E-state index contributed by atoms with van der Waals surface area (Å²) in [4.78, 5) is 14.6. The van der Waals surface area contributed by atoms with Crippen molar-refractivity contribution < 1.29 is 9.21 Å². The van der Waals surface area contributed by atoms with Gasteiger partial charge in [0.15, 0.2) is 0 Å². The van der Waals surface area contributed by atoms with E-state index < -0.39 is 0 Å². The second-order valence-electron chi connectivity index (χ2n) is 5.70. The molecule has 5 nitrogen and oxygen atoms in total. The molecule has 1 saturated heterocycles. The number of aryl methyl sites for hydroxylation is 2. The summed E-state index contributed by atoms with van der Waals surface area (Å²) in [7, 11) is 1.86. The zero-order valence-corrected chi connectivity index (χ0v) is 12.6. The molecule has 0 N–H and O–H groups in total. The second kappa shape index (κ2) is 5.76. The molecule has 21 heavy (non-hydrogen) atoms. The van der Waals surface area contributed by atoms with Gasteiger partial charge in [-0.2, -0.15) is 5.10 Å². The van der Waals surface area contributed by atoms with E-state index in [0.717, 1.165) is 43.0 Å². The summed E-state index contributed by atoms with van der Waals surface area (Å²) >= 11 is 0. The Morgan fingerprint density at radius 3 is 2.90 bits per heavy atom. The van der Waals surface area contributed by atoms with Gasteiger partial charge >= 0.3 is 0 Å². The molecule has 0 spiro atoms. The van der Waals surface area contributed by atoms with Crippen LogP contribution in [0.3, 0.4) is 0 Å². The van der Waals surface area contributed by atoms with E-state index in [-0.39, 0.29) is 11.9 Å². The molecule has 0 bridgehead atoms. The minimum atomic E-state index is 0.0728. The van der Waals surface area contributed by atoms with Crippen LogP contribution >= 0.6 is 0 Å². The van der Waals surface area contributed by atoms with Crippen molar-refractivity contribution in [3.05, 3.63) is 41.6 Å². The van der Waals surface area contributed by atoms with Gasteiger partial charge in [-0.1, -0.05) is 0 Å². The molecule has 1 amide bonds. The maximum absolute atomic E-state index is 12.6. The van der Waals surface area contributed by atoms with Gasteiger partial charge in [-0.15, -0.1) is 0 Å². The maximum atomic E-state index is 12.6. The number of hydrogen-bond donors (Lipinski definition) is 0. The van der Waals surface area contributed by atoms with Crippen LogP contribution in [0.2, 0.25) is 0 Å². The monoisotopic (exact) mass is 287 g/mol. The zero-order chi connectivity index (χ0) is 14.8. The summed E-state index contributed by atoms with van der Waals surface area (Å²) < 4.78 is 7.47. The van der Waals surface area contributed by atoms with Crippen LogP contribution in [0, 0.1) is 6.92 Å². The topological polar surface area (TPSA) is 51.3 Å². The Labute approximate surface area is 124 Å². The van der Waals surface area contributed by atoms with Crippen molar-refractivity contribution in [2.75, 3.05) is 6.54 Å². The van der Waals surface area contributed by atoms with E-state index >= 15 is 0 Å². The fourth-order valence-electron chi connectivity index (χ4n) is 2.97. The molecule has 0 aromatic carbocycles. The third-order valence-electron chi connectivity index (χ3n) is 4.01. The summed E-state index contributed by atoms with van der Waals surface area (Å²) in [6.45, 7) is 2.74. The van der Waals surface area contributed by atoms with Gasteiger partial charge in [0.1, 0.15) is 11.5 Å². The number of hydrogen-bond acceptors (Lipinski definition) is 3. The summed E-state index contributed by atoms with van der Waals surface area (Å²) in [6.07, 6.45) is 5.39. The van der Waals surface area contributed by atoms with Crippen molar-refractivity contribution in [3.8, 4) is 0 Å². The molecule has 2 aromatic heterocycles. The zero-order valence-electron chi connectivity index (χ0n) is 12.6. The van der Waals surface area contributed by atoms with E-state index in [1.54, 1.807) is 4.68 Å². The summed E-state index contributed by atoms with van der Waals surface area (Å²) in [5.41, 5.74) is 0.822. The highest BCUT2D eigenvalue weighted by Gasteiger charge is 2.30. The molecule has 0 aliphatic carbocycles. The number of furan rings is 1. The van der Waals surface area contributed by atoms with Gasteiger partial charge in [0.2, 0.25) is 5.91 Å². The molecular weight excluding hydrogens is 266 g/mol. The molecule has 3 rings (SSSR count). The lowest BCUT2D eigenvalue weighted by molar-refractivity contribution is -0.134. The summed E-state index contributed by atoms with van der Waals surface area (Å²) in [5.74, 6) is 1.93. The minimum absolute atomic E-state index is 0.0728. The summed E-state index contributed by atoms with van der Waals surface area (Å²) in [5, 5.41) is 4.29. The Bertz CT molecular complexity index is 629. The molecule has 5 heteroatoms. The average Bonchev–Trinajstić information content (AvgIpc) is 3.07. The molecule has 3 heterocycles. The molecule has 1 fully saturated rings. The van der Waals surface area contributed by atoms with Crippen molar-refractivity contribution in [2.45, 2.75) is 38.6 Å². The van der Waals surface area contributed by atoms with Crippen LogP contribution in [0.1, 0.15) is 42.5 Å². The lowest BCUT2D eigenvalue weighted by atomic mass is 9.99. The number of nitrogens with zero attached hydrogens (tertiary/aromatic N) is 3. The largest absolute Gasteiger partial charge is 0.464 e. The molecule has 2 aromatic rings. The molecular formula is C16H21N3O2. The lowest BCUT2D eigenvalue weighted by Crippen LogP contribution is -2.39. The number of amides is 1. The number of carbonyl (C=O) groups is 1. The Morgan fingerprint density at radius 2 is 2.24 bits per heavy atom. The van der Waals surface area contributed by atoms with Crippen LogP contribution in [0.25, 0.3) is 0 Å². The van der Waals surface area contributed by atoms with E-state index in [0.29, 0.717) is 6.42 Å². The Kier molecular flexibility index (Phi) is 3.82. The first kappa shape index (κ1) is 13.9. The molecule has 0 radical (unpaired) electrons. The molecule has 0 saturated carbocycles. The van der Waals surface area contributed by atoms with Crippen LogP contribution in [-0.4, -0.2) is 27.1 Å². The highest BCUT2D eigenvalue weighted by molar-refractivity contribution is 5.78. The van der Waals surface area contributed by atoms with E-state index in [2.05, 4.69) is 5.10 Å². The smallest absolute Gasteiger partial charge is 0.229 e. The predicted octanol–water partition coefficient (Wildman–Crippen LogP) is 2.62. The normalized spacial score (nSPS) is 19.0. The summed E-state index contributed by atoms with van der Waals surface area (Å²) in [6, 6.07) is 5.93. The lowest BCUT2D eigenvalue weighted by Gasteiger charge is -2.34. The predicted molar refractivity (Wildman–Crippen MR) is 78.7 cm³/mol. The number of likely N-dealkylation sites (tertiary alicyclic amines) is 1. The Hall–Kier alpha value is -2.04. The minimum Gasteiger partial charge on any atom is -0.464 e. The van der Waals surface area contributed by atoms with Crippen LogP contribution in [-0.2, 0) is 18.3 Å². The standard InChI is InChI=1S/C16H21N3O2/c1-12-6-7-15(21-12)14-5-3-4-9-19(14)16(20)11-13-8-10-18(2)17-13/h6-8,10,14H,3-5,9,11H2,1-2H3/t14-/m0/s1. The van der Waals surface area contributed by atoms with Gasteiger partial charge < -0.3 is 9.32 Å². The van der Waals surface area contributed by atoms with Crippen LogP contribution < -0.4 is 0 Å². The molecule has 1 aliphatic heterocycles. The van der Waals surface area contributed by atoms with Gasteiger partial charge in [-0.25, -0.2) is 0 Å². The fraction of sp³-hybridized carbons (Fsp3) is 0.500. The van der Waals surface area contributed by atoms with Crippen molar-refractivity contribution in [3.63, 3.8) is 0 Å². The Morgan fingerprint density at radius 1 is 1.38 bits per heavy atom. The number of rotatable bonds is 3. The van der Waals surface area contributed by atoms with Crippen molar-refractivity contribution in [1.29, 1.82) is 0 Å². The first-order valence-corrected chi connectivity index (χ1v) is 7.48. The third-order valence-corrected chi connectivity index (χ3v) is 4.01. The Balaban J connectivity index is 1.75. The van der Waals surface area contributed by atoms with Gasteiger partial charge in [0, 0.05) is 19.8 Å². The molecule has 112 valence electrons. The molecule has 1 atom stereocenters. The SMILES string of the molecule is Cc1ccc([C@@H]2CCCCN2C(=O)Cc2ccn(C)n2)o1. The van der Waals surface area contributed by atoms with Crippen LogP contribution in [0.5, 0.6) is 0 Å². The van der Waals surface area contributed by atoms with Crippen LogP contribution in [0.4, 0.5) is 0 Å². The first-order valence-electron chi connectivity index (χ1n) is 7.48. The van der Waals surface area contributed by atoms with E-state index in [4.69, 9.17) is 4.42 Å². The van der Waals surface area contributed by atoms with Crippen LogP contribution in [0.15, 0.2) is 28.8 Å². The van der Waals surface area contributed by atoms with Gasteiger partial charge in [0.25, 0.3) is 0 Å². The van der Waals surface area contributed by atoms with E-state index in [9.17, 15) is 4.79 Å². The highest BCUT2D eigenvalue weighted by atomic mass is 16.3. The van der Waals surface area contributed by atoms with Gasteiger partial charge in [-0.05, 0) is 44.4 Å². The molecule has 0 unspecified atom stereocenters. The first-order chi connectivity index (χ1) is 10.1. The second-order valence-corrected chi connectivity index (χ2v) is 5.70. The molecule has 1 aliphatic rings. The number of piperidine rings is 1. The van der Waals surface area contributed by atoms with Crippen molar-refractivity contribution >= 4 is 5.91 Å². The highest BCUT2D eigenvalue weighted by Crippen LogP contribution is 2.32. The average molecular weight is 287 g/mol.